The number of rotatable bonds is 9. The van der Waals surface area contributed by atoms with Crippen molar-refractivity contribution in [2.75, 3.05) is 23.3 Å². The van der Waals surface area contributed by atoms with E-state index in [0.717, 1.165) is 0 Å². The molecule has 0 spiro atoms. The molecule has 0 radical (unpaired) electrons. The summed E-state index contributed by atoms with van der Waals surface area (Å²) in [7, 11) is -3.80. The third-order valence-corrected chi connectivity index (χ3v) is 6.48. The number of hydrogen-bond acceptors (Lipinski definition) is 6. The lowest BCUT2D eigenvalue weighted by atomic mass is 10.3. The number of benzene rings is 3. The topological polar surface area (TPSA) is 106 Å². The molecule has 3 rings (SSSR count). The van der Waals surface area contributed by atoms with Crippen LogP contribution in [0.2, 0.25) is 10.0 Å². The molecule has 0 fully saturated rings. The second kappa shape index (κ2) is 12.1. The van der Waals surface area contributed by atoms with Crippen molar-refractivity contribution in [3.05, 3.63) is 76.8 Å². The number of anilines is 2. The van der Waals surface area contributed by atoms with Gasteiger partial charge in [-0.15, -0.1) is 0 Å². The lowest BCUT2D eigenvalue weighted by molar-refractivity contribution is -0.121. The van der Waals surface area contributed by atoms with Crippen LogP contribution < -0.4 is 24.8 Å². The number of nitrogens with one attached hydrogen (secondary N) is 3. The molecule has 3 N–H and O–H groups in total. The van der Waals surface area contributed by atoms with E-state index in [1.807, 2.05) is 6.92 Å². The van der Waals surface area contributed by atoms with Crippen molar-refractivity contribution in [3.8, 4) is 11.5 Å². The molecule has 3 aromatic rings. The highest BCUT2D eigenvalue weighted by atomic mass is 35.5. The van der Waals surface area contributed by atoms with Crippen LogP contribution in [-0.4, -0.2) is 32.7 Å². The number of carbonyl (C=O) groups excluding carboxylic acids is 1. The highest BCUT2D eigenvalue weighted by Gasteiger charge is 2.15. The molecular formula is C23H21Cl2N3O5S2. The Kier molecular flexibility index (Phi) is 9.16. The monoisotopic (exact) mass is 553 g/mol. The van der Waals surface area contributed by atoms with Gasteiger partial charge in [-0.2, -0.15) is 0 Å². The Hall–Kier alpha value is -3.05. The molecule has 1 amide bonds. The van der Waals surface area contributed by atoms with Gasteiger partial charge in [-0.1, -0.05) is 23.2 Å². The van der Waals surface area contributed by atoms with Gasteiger partial charge in [-0.25, -0.2) is 8.42 Å². The third-order valence-electron chi connectivity index (χ3n) is 4.35. The predicted octanol–water partition coefficient (Wildman–Crippen LogP) is 5.08. The predicted molar refractivity (Wildman–Crippen MR) is 141 cm³/mol. The molecule has 12 heteroatoms. The van der Waals surface area contributed by atoms with Gasteiger partial charge in [0.1, 0.15) is 11.5 Å². The first-order valence-electron chi connectivity index (χ1n) is 10.2. The fourth-order valence-electron chi connectivity index (χ4n) is 2.78. The van der Waals surface area contributed by atoms with E-state index in [1.165, 1.54) is 30.3 Å². The Bertz CT molecular complexity index is 1300. The van der Waals surface area contributed by atoms with Gasteiger partial charge in [0, 0.05) is 16.4 Å². The zero-order valence-corrected chi connectivity index (χ0v) is 21.5. The summed E-state index contributed by atoms with van der Waals surface area (Å²) >= 11 is 17.0. The minimum absolute atomic E-state index is 0.0175. The van der Waals surface area contributed by atoms with Gasteiger partial charge in [-0.3, -0.25) is 14.8 Å². The summed E-state index contributed by atoms with van der Waals surface area (Å²) in [5.41, 5.74) is 0.888. The summed E-state index contributed by atoms with van der Waals surface area (Å²) in [5.74, 6) is 0.447. The second-order valence-corrected chi connectivity index (χ2v) is 9.89. The van der Waals surface area contributed by atoms with Crippen LogP contribution in [-0.2, 0) is 14.8 Å². The first-order valence-corrected chi connectivity index (χ1v) is 12.9. The molecule has 0 aliphatic carbocycles. The lowest BCUT2D eigenvalue weighted by Gasteiger charge is -2.12. The van der Waals surface area contributed by atoms with Crippen molar-refractivity contribution in [2.24, 2.45) is 0 Å². The van der Waals surface area contributed by atoms with E-state index in [-0.39, 0.29) is 21.6 Å². The van der Waals surface area contributed by atoms with Gasteiger partial charge in [-0.05, 0) is 85.9 Å². The van der Waals surface area contributed by atoms with Crippen molar-refractivity contribution in [1.82, 2.24) is 5.32 Å². The van der Waals surface area contributed by atoms with Gasteiger partial charge in [0.2, 0.25) is 0 Å². The van der Waals surface area contributed by atoms with Crippen molar-refractivity contribution in [1.29, 1.82) is 0 Å². The lowest BCUT2D eigenvalue weighted by Crippen LogP contribution is -2.37. The van der Waals surface area contributed by atoms with Crippen LogP contribution in [0.1, 0.15) is 6.92 Å². The van der Waals surface area contributed by atoms with Crippen LogP contribution in [0.15, 0.2) is 71.6 Å². The molecule has 8 nitrogen and oxygen atoms in total. The molecule has 0 aliphatic rings. The van der Waals surface area contributed by atoms with E-state index in [2.05, 4.69) is 15.4 Å². The number of sulfonamides is 1. The molecule has 3 aromatic carbocycles. The summed E-state index contributed by atoms with van der Waals surface area (Å²) in [6, 6.07) is 17.1. The number of thiocarbonyl (C=S) groups is 1. The van der Waals surface area contributed by atoms with E-state index in [9.17, 15) is 13.2 Å². The minimum atomic E-state index is -3.80. The zero-order chi connectivity index (χ0) is 25.4. The summed E-state index contributed by atoms with van der Waals surface area (Å²) in [5, 5.41) is 6.02. The number of hydrogen-bond donors (Lipinski definition) is 3. The standard InChI is InChI=1S/C23H21Cl2N3O5S2/c1-2-32-18-8-4-17(5-9-18)28-35(30,31)19-10-6-16(7-11-19)26-23(34)27-22(29)14-33-21-12-3-15(24)13-20(21)25/h3-13,28H,2,14H2,1H3,(H2,26,27,29,34). The average Bonchev–Trinajstić information content (AvgIpc) is 2.80. The highest BCUT2D eigenvalue weighted by molar-refractivity contribution is 7.92. The van der Waals surface area contributed by atoms with Crippen molar-refractivity contribution in [2.45, 2.75) is 11.8 Å². The van der Waals surface area contributed by atoms with Gasteiger partial charge >= 0.3 is 0 Å². The van der Waals surface area contributed by atoms with Crippen molar-refractivity contribution in [3.63, 3.8) is 0 Å². The molecule has 0 aromatic heterocycles. The summed E-state index contributed by atoms with van der Waals surface area (Å²) in [6.07, 6.45) is 0. The van der Waals surface area contributed by atoms with E-state index >= 15 is 0 Å². The van der Waals surface area contributed by atoms with E-state index in [0.29, 0.717) is 34.5 Å². The Morgan fingerprint density at radius 3 is 2.23 bits per heavy atom. The summed E-state index contributed by atoms with van der Waals surface area (Å²) in [6.45, 7) is 2.06. The Morgan fingerprint density at radius 2 is 1.60 bits per heavy atom. The third kappa shape index (κ3) is 8.00. The number of carbonyl (C=O) groups is 1. The van der Waals surface area contributed by atoms with Gasteiger partial charge < -0.3 is 14.8 Å². The molecule has 35 heavy (non-hydrogen) atoms. The van der Waals surface area contributed by atoms with Gasteiger partial charge in [0.05, 0.1) is 16.5 Å². The molecule has 0 heterocycles. The first kappa shape index (κ1) is 26.6. The number of halogens is 2. The molecule has 0 atom stereocenters. The van der Waals surface area contributed by atoms with E-state index in [4.69, 9.17) is 44.9 Å². The van der Waals surface area contributed by atoms with Crippen LogP contribution >= 0.6 is 35.4 Å². The largest absolute Gasteiger partial charge is 0.494 e. The molecule has 0 bridgehead atoms. The summed E-state index contributed by atoms with van der Waals surface area (Å²) in [4.78, 5) is 12.1. The van der Waals surface area contributed by atoms with Gasteiger partial charge in [0.25, 0.3) is 15.9 Å². The van der Waals surface area contributed by atoms with Crippen molar-refractivity contribution >= 4 is 67.8 Å². The molecular weight excluding hydrogens is 533 g/mol. The van der Waals surface area contributed by atoms with Crippen LogP contribution in [0, 0.1) is 0 Å². The fourth-order valence-corrected chi connectivity index (χ4v) is 4.53. The average molecular weight is 554 g/mol. The molecule has 0 saturated carbocycles. The molecule has 0 aliphatic heterocycles. The van der Waals surface area contributed by atoms with Crippen LogP contribution in [0.4, 0.5) is 11.4 Å². The maximum absolute atomic E-state index is 12.6. The highest BCUT2D eigenvalue weighted by Crippen LogP contribution is 2.27. The van der Waals surface area contributed by atoms with Crippen LogP contribution in [0.3, 0.4) is 0 Å². The number of amides is 1. The smallest absolute Gasteiger partial charge is 0.264 e. The first-order chi connectivity index (χ1) is 16.7. The van der Waals surface area contributed by atoms with E-state index < -0.39 is 15.9 Å². The quantitative estimate of drug-likeness (QED) is 0.317. The normalized spacial score (nSPS) is 10.8. The molecule has 0 unspecified atom stereocenters. The summed E-state index contributed by atoms with van der Waals surface area (Å²) < 4.78 is 38.5. The maximum atomic E-state index is 12.6. The van der Waals surface area contributed by atoms with Gasteiger partial charge in [0.15, 0.2) is 11.7 Å². The zero-order valence-electron chi connectivity index (χ0n) is 18.4. The van der Waals surface area contributed by atoms with Crippen molar-refractivity contribution < 1.29 is 22.7 Å². The molecule has 0 saturated heterocycles. The maximum Gasteiger partial charge on any atom is 0.264 e. The Labute approximate surface area is 218 Å². The second-order valence-electron chi connectivity index (χ2n) is 6.95. The Balaban J connectivity index is 1.52. The fraction of sp³-hybridized carbons (Fsp3) is 0.130. The number of ether oxygens (including phenoxy) is 2. The molecule has 184 valence electrons. The SMILES string of the molecule is CCOc1ccc(NS(=O)(=O)c2ccc(NC(=S)NC(=O)COc3ccc(Cl)cc3Cl)cc2)cc1. The minimum Gasteiger partial charge on any atom is -0.494 e. The van der Waals surface area contributed by atoms with E-state index in [1.54, 1.807) is 36.4 Å². The van der Waals surface area contributed by atoms with Crippen LogP contribution in [0.25, 0.3) is 0 Å². The van der Waals surface area contributed by atoms with Crippen LogP contribution in [0.5, 0.6) is 11.5 Å². The Morgan fingerprint density at radius 1 is 0.943 bits per heavy atom.